The minimum atomic E-state index is 0.225. The molecule has 1 aromatic carbocycles. The standard InChI is InChI=1S/C15H25N3O2/c1-12(11-20-3)18-15(16-2)17-10-4-5-13-6-8-14(19)9-7-13/h6-9,12,19H,4-5,10-11H2,1-3H3,(H2,16,17,18). The summed E-state index contributed by atoms with van der Waals surface area (Å²) in [6, 6.07) is 7.56. The van der Waals surface area contributed by atoms with Gasteiger partial charge in [0.1, 0.15) is 5.75 Å². The van der Waals surface area contributed by atoms with Crippen LogP contribution in [0, 0.1) is 0 Å². The lowest BCUT2D eigenvalue weighted by molar-refractivity contribution is 0.179. The highest BCUT2D eigenvalue weighted by Crippen LogP contribution is 2.10. The fourth-order valence-electron chi connectivity index (χ4n) is 1.88. The van der Waals surface area contributed by atoms with E-state index in [1.165, 1.54) is 5.56 Å². The van der Waals surface area contributed by atoms with Crippen molar-refractivity contribution in [1.82, 2.24) is 10.6 Å². The van der Waals surface area contributed by atoms with Crippen LogP contribution in [0.25, 0.3) is 0 Å². The Morgan fingerprint density at radius 1 is 1.35 bits per heavy atom. The maximum Gasteiger partial charge on any atom is 0.191 e. The van der Waals surface area contributed by atoms with Crippen molar-refractivity contribution >= 4 is 5.96 Å². The minimum Gasteiger partial charge on any atom is -0.508 e. The third-order valence-corrected chi connectivity index (χ3v) is 2.89. The van der Waals surface area contributed by atoms with Gasteiger partial charge in [-0.1, -0.05) is 12.1 Å². The number of guanidine groups is 1. The van der Waals surface area contributed by atoms with Crippen LogP contribution in [0.2, 0.25) is 0 Å². The molecular weight excluding hydrogens is 254 g/mol. The Kier molecular flexibility index (Phi) is 7.50. The molecular formula is C15H25N3O2. The van der Waals surface area contributed by atoms with E-state index in [0.29, 0.717) is 12.4 Å². The van der Waals surface area contributed by atoms with Gasteiger partial charge in [-0.25, -0.2) is 0 Å². The Morgan fingerprint density at radius 3 is 2.65 bits per heavy atom. The van der Waals surface area contributed by atoms with Crippen molar-refractivity contribution in [3.8, 4) is 5.75 Å². The van der Waals surface area contributed by atoms with E-state index in [4.69, 9.17) is 4.74 Å². The number of nitrogens with zero attached hydrogens (tertiary/aromatic N) is 1. The zero-order valence-corrected chi connectivity index (χ0v) is 12.5. The number of hydrogen-bond acceptors (Lipinski definition) is 3. The molecule has 0 amide bonds. The van der Waals surface area contributed by atoms with E-state index in [9.17, 15) is 5.11 Å². The van der Waals surface area contributed by atoms with Gasteiger partial charge in [-0.3, -0.25) is 4.99 Å². The predicted octanol–water partition coefficient (Wildman–Crippen LogP) is 1.52. The average Bonchev–Trinajstić information content (AvgIpc) is 2.44. The first-order valence-corrected chi connectivity index (χ1v) is 6.89. The molecule has 1 atom stereocenters. The molecule has 0 aliphatic heterocycles. The lowest BCUT2D eigenvalue weighted by atomic mass is 10.1. The molecule has 1 aromatic rings. The topological polar surface area (TPSA) is 65.9 Å². The molecule has 0 heterocycles. The van der Waals surface area contributed by atoms with Gasteiger partial charge in [0.15, 0.2) is 5.96 Å². The van der Waals surface area contributed by atoms with E-state index in [1.54, 1.807) is 26.3 Å². The molecule has 5 nitrogen and oxygen atoms in total. The second kappa shape index (κ2) is 9.20. The van der Waals surface area contributed by atoms with Gasteiger partial charge >= 0.3 is 0 Å². The Balaban J connectivity index is 2.23. The molecule has 0 fully saturated rings. The summed E-state index contributed by atoms with van der Waals surface area (Å²) in [6.45, 7) is 3.54. The first-order valence-electron chi connectivity index (χ1n) is 6.89. The number of nitrogens with one attached hydrogen (secondary N) is 2. The molecule has 0 spiro atoms. The zero-order valence-electron chi connectivity index (χ0n) is 12.5. The monoisotopic (exact) mass is 279 g/mol. The number of phenolic OH excluding ortho intramolecular Hbond substituents is 1. The van der Waals surface area contributed by atoms with Crippen LogP contribution in [0.5, 0.6) is 5.75 Å². The fraction of sp³-hybridized carbons (Fsp3) is 0.533. The second-order valence-electron chi connectivity index (χ2n) is 4.77. The number of methoxy groups -OCH3 is 1. The van der Waals surface area contributed by atoms with Gasteiger partial charge in [0, 0.05) is 26.7 Å². The van der Waals surface area contributed by atoms with Crippen molar-refractivity contribution in [2.75, 3.05) is 27.3 Å². The summed E-state index contributed by atoms with van der Waals surface area (Å²) in [6.07, 6.45) is 1.97. The van der Waals surface area contributed by atoms with Gasteiger partial charge in [-0.15, -0.1) is 0 Å². The van der Waals surface area contributed by atoms with Crippen molar-refractivity contribution in [3.63, 3.8) is 0 Å². The van der Waals surface area contributed by atoms with E-state index >= 15 is 0 Å². The van der Waals surface area contributed by atoms with Crippen molar-refractivity contribution in [1.29, 1.82) is 0 Å². The third kappa shape index (κ3) is 6.43. The van der Waals surface area contributed by atoms with Crippen LogP contribution in [-0.2, 0) is 11.2 Å². The number of rotatable bonds is 7. The number of aryl methyl sites for hydroxylation is 1. The molecule has 1 unspecified atom stereocenters. The number of benzene rings is 1. The summed E-state index contributed by atoms with van der Waals surface area (Å²) in [7, 11) is 3.45. The maximum absolute atomic E-state index is 9.21. The van der Waals surface area contributed by atoms with E-state index in [1.807, 2.05) is 19.1 Å². The summed E-state index contributed by atoms with van der Waals surface area (Å²) in [5, 5.41) is 15.7. The van der Waals surface area contributed by atoms with Crippen molar-refractivity contribution in [3.05, 3.63) is 29.8 Å². The van der Waals surface area contributed by atoms with Crippen LogP contribution in [0.1, 0.15) is 18.9 Å². The van der Waals surface area contributed by atoms with Gasteiger partial charge in [0.05, 0.1) is 6.61 Å². The van der Waals surface area contributed by atoms with E-state index in [-0.39, 0.29) is 6.04 Å². The number of aromatic hydroxyl groups is 1. The number of aliphatic imine (C=N–C) groups is 1. The van der Waals surface area contributed by atoms with Gasteiger partial charge in [-0.05, 0) is 37.5 Å². The third-order valence-electron chi connectivity index (χ3n) is 2.89. The summed E-state index contributed by atoms with van der Waals surface area (Å²) in [5.74, 6) is 1.10. The molecule has 0 saturated carbocycles. The first kappa shape index (κ1) is 16.3. The average molecular weight is 279 g/mol. The highest BCUT2D eigenvalue weighted by atomic mass is 16.5. The Bertz CT molecular complexity index is 404. The predicted molar refractivity (Wildman–Crippen MR) is 82.3 cm³/mol. The molecule has 0 bridgehead atoms. The van der Waals surface area contributed by atoms with Crippen molar-refractivity contribution in [2.24, 2.45) is 4.99 Å². The van der Waals surface area contributed by atoms with Gasteiger partial charge in [0.25, 0.3) is 0 Å². The number of ether oxygens (including phenoxy) is 1. The van der Waals surface area contributed by atoms with Gasteiger partial charge in [-0.2, -0.15) is 0 Å². The summed E-state index contributed by atoms with van der Waals surface area (Å²) in [5.41, 5.74) is 1.22. The number of phenols is 1. The highest BCUT2D eigenvalue weighted by molar-refractivity contribution is 5.79. The van der Waals surface area contributed by atoms with Crippen molar-refractivity contribution in [2.45, 2.75) is 25.8 Å². The van der Waals surface area contributed by atoms with Crippen LogP contribution in [-0.4, -0.2) is 44.4 Å². The molecule has 0 aromatic heterocycles. The lowest BCUT2D eigenvalue weighted by Crippen LogP contribution is -2.44. The summed E-state index contributed by atoms with van der Waals surface area (Å²) in [4.78, 5) is 4.17. The van der Waals surface area contributed by atoms with Crippen LogP contribution in [0.15, 0.2) is 29.3 Å². The molecule has 5 heteroatoms. The minimum absolute atomic E-state index is 0.225. The molecule has 0 radical (unpaired) electrons. The Labute approximate surface area is 121 Å². The van der Waals surface area contributed by atoms with Crippen LogP contribution in [0.4, 0.5) is 0 Å². The van der Waals surface area contributed by atoms with Gasteiger partial charge < -0.3 is 20.5 Å². The quantitative estimate of drug-likeness (QED) is 0.402. The molecule has 1 rings (SSSR count). The zero-order chi connectivity index (χ0) is 14.8. The largest absolute Gasteiger partial charge is 0.508 e. The van der Waals surface area contributed by atoms with Crippen LogP contribution < -0.4 is 10.6 Å². The number of hydrogen-bond donors (Lipinski definition) is 3. The molecule has 3 N–H and O–H groups in total. The first-order chi connectivity index (χ1) is 9.65. The maximum atomic E-state index is 9.21. The molecule has 0 aliphatic carbocycles. The van der Waals surface area contributed by atoms with Gasteiger partial charge in [0.2, 0.25) is 0 Å². The van der Waals surface area contributed by atoms with E-state index in [2.05, 4.69) is 15.6 Å². The normalized spacial score (nSPS) is 13.1. The lowest BCUT2D eigenvalue weighted by Gasteiger charge is -2.17. The molecule has 112 valence electrons. The SMILES string of the molecule is CN=C(NCCCc1ccc(O)cc1)NC(C)COC. The van der Waals surface area contributed by atoms with Crippen molar-refractivity contribution < 1.29 is 9.84 Å². The summed E-state index contributed by atoms with van der Waals surface area (Å²) >= 11 is 0. The fourth-order valence-corrected chi connectivity index (χ4v) is 1.88. The molecule has 20 heavy (non-hydrogen) atoms. The highest BCUT2D eigenvalue weighted by Gasteiger charge is 2.03. The summed E-state index contributed by atoms with van der Waals surface area (Å²) < 4.78 is 5.08. The second-order valence-corrected chi connectivity index (χ2v) is 4.77. The van der Waals surface area contributed by atoms with E-state index < -0.39 is 0 Å². The Hall–Kier alpha value is -1.75. The van der Waals surface area contributed by atoms with Crippen LogP contribution in [0.3, 0.4) is 0 Å². The Morgan fingerprint density at radius 2 is 2.05 bits per heavy atom. The smallest absolute Gasteiger partial charge is 0.191 e. The molecule has 0 saturated heterocycles. The van der Waals surface area contributed by atoms with Crippen LogP contribution >= 0.6 is 0 Å². The van der Waals surface area contributed by atoms with E-state index in [0.717, 1.165) is 25.3 Å². The molecule has 0 aliphatic rings.